The normalized spacial score (nSPS) is 10.6. The molecule has 0 atom stereocenters. The van der Waals surface area contributed by atoms with Crippen LogP contribution in [-0.2, 0) is 0 Å². The maximum atomic E-state index is 12.3. The van der Waals surface area contributed by atoms with E-state index in [-0.39, 0.29) is 21.7 Å². The highest BCUT2D eigenvalue weighted by Crippen LogP contribution is 2.33. The highest BCUT2D eigenvalue weighted by Gasteiger charge is 2.23. The van der Waals surface area contributed by atoms with Gasteiger partial charge in [0.15, 0.2) is 0 Å². The number of phenolic OH excluding ortho intramolecular Hbond substituents is 1. The number of nitro groups is 2. The molecule has 3 aromatic carbocycles. The number of halogens is 1. The Morgan fingerprint density at radius 2 is 1.65 bits per heavy atom. The average Bonchev–Trinajstić information content (AvgIpc) is 2.80. The number of benzene rings is 3. The Kier molecular flexibility index (Phi) is 7.13. The van der Waals surface area contributed by atoms with Gasteiger partial charge in [-0.2, -0.15) is 5.10 Å². The number of hydrazone groups is 1. The van der Waals surface area contributed by atoms with Crippen LogP contribution >= 0.6 is 11.6 Å². The second kappa shape index (κ2) is 10.2. The quantitative estimate of drug-likeness (QED) is 0.259. The Morgan fingerprint density at radius 1 is 0.971 bits per heavy atom. The first-order valence-electron chi connectivity index (χ1n) is 9.32. The Bertz CT molecular complexity index is 1330. The van der Waals surface area contributed by atoms with E-state index >= 15 is 0 Å². The van der Waals surface area contributed by atoms with Crippen molar-refractivity contribution in [2.24, 2.45) is 5.10 Å². The molecule has 0 fully saturated rings. The lowest BCUT2D eigenvalue weighted by Gasteiger charge is -2.07. The maximum Gasteiger partial charge on any atom is 0.318 e. The van der Waals surface area contributed by atoms with Gasteiger partial charge in [0.25, 0.3) is 17.5 Å². The van der Waals surface area contributed by atoms with Crippen molar-refractivity contribution in [1.82, 2.24) is 5.43 Å². The van der Waals surface area contributed by atoms with Gasteiger partial charge in [0.1, 0.15) is 0 Å². The van der Waals surface area contributed by atoms with Gasteiger partial charge in [-0.3, -0.25) is 29.8 Å². The standard InChI is InChI=1S/C21H14ClN5O7/c22-17-4-2-1-3-16(17)21(30)24-14-7-5-12(6-8-14)20(29)25-23-11-13-9-15(26(31)32)10-18(19(13)28)27(33)34/h1-11,28H,(H,24,30)(H,25,29). The van der Waals surface area contributed by atoms with Crippen molar-refractivity contribution in [2.75, 3.05) is 5.32 Å². The number of rotatable bonds is 7. The van der Waals surface area contributed by atoms with E-state index < -0.39 is 38.8 Å². The van der Waals surface area contributed by atoms with Crippen molar-refractivity contribution >= 4 is 46.7 Å². The molecule has 0 aromatic heterocycles. The molecule has 12 nitrogen and oxygen atoms in total. The van der Waals surface area contributed by atoms with Crippen LogP contribution in [0.1, 0.15) is 26.3 Å². The van der Waals surface area contributed by atoms with Gasteiger partial charge >= 0.3 is 5.69 Å². The number of nitro benzene ring substituents is 2. The molecular weight excluding hydrogens is 470 g/mol. The first-order chi connectivity index (χ1) is 16.2. The number of nitrogens with one attached hydrogen (secondary N) is 2. The lowest BCUT2D eigenvalue weighted by Crippen LogP contribution is -2.18. The van der Waals surface area contributed by atoms with Gasteiger partial charge < -0.3 is 10.4 Å². The summed E-state index contributed by atoms with van der Waals surface area (Å²) < 4.78 is 0. The number of hydrogen-bond acceptors (Lipinski definition) is 8. The number of carbonyl (C=O) groups is 2. The smallest absolute Gasteiger partial charge is 0.318 e. The second-order valence-electron chi connectivity index (χ2n) is 6.63. The molecule has 0 radical (unpaired) electrons. The van der Waals surface area contributed by atoms with Crippen LogP contribution in [0.4, 0.5) is 17.1 Å². The third-order valence-corrected chi connectivity index (χ3v) is 4.73. The van der Waals surface area contributed by atoms with Crippen LogP contribution in [0, 0.1) is 20.2 Å². The van der Waals surface area contributed by atoms with Gasteiger partial charge in [-0.1, -0.05) is 23.7 Å². The molecule has 172 valence electrons. The summed E-state index contributed by atoms with van der Waals surface area (Å²) in [6.07, 6.45) is 0.839. The van der Waals surface area contributed by atoms with E-state index in [0.717, 1.165) is 12.3 Å². The number of amides is 2. The van der Waals surface area contributed by atoms with Crippen LogP contribution in [0.5, 0.6) is 5.75 Å². The highest BCUT2D eigenvalue weighted by atomic mass is 35.5. The molecule has 3 aromatic rings. The summed E-state index contributed by atoms with van der Waals surface area (Å²) in [5, 5.41) is 38.4. The summed E-state index contributed by atoms with van der Waals surface area (Å²) in [5.74, 6) is -1.95. The van der Waals surface area contributed by atoms with E-state index in [1.54, 1.807) is 24.3 Å². The Morgan fingerprint density at radius 3 is 2.26 bits per heavy atom. The number of hydrogen-bond donors (Lipinski definition) is 3. The monoisotopic (exact) mass is 483 g/mol. The number of carbonyl (C=O) groups excluding carboxylic acids is 2. The summed E-state index contributed by atoms with van der Waals surface area (Å²) in [5.41, 5.74) is 1.13. The minimum atomic E-state index is -0.982. The second-order valence-corrected chi connectivity index (χ2v) is 7.03. The Labute approximate surface area is 195 Å². The molecule has 0 aliphatic rings. The summed E-state index contributed by atoms with van der Waals surface area (Å²) in [7, 11) is 0. The summed E-state index contributed by atoms with van der Waals surface area (Å²) in [6.45, 7) is 0. The molecule has 0 spiro atoms. The van der Waals surface area contributed by atoms with Crippen molar-refractivity contribution in [3.8, 4) is 5.75 Å². The van der Waals surface area contributed by atoms with Gasteiger partial charge in [0.05, 0.1) is 38.3 Å². The van der Waals surface area contributed by atoms with Crippen molar-refractivity contribution in [1.29, 1.82) is 0 Å². The molecule has 0 aliphatic carbocycles. The Hall–Kier alpha value is -4.84. The van der Waals surface area contributed by atoms with E-state index in [1.807, 2.05) is 0 Å². The molecule has 0 unspecified atom stereocenters. The van der Waals surface area contributed by atoms with Crippen LogP contribution in [0.25, 0.3) is 0 Å². The van der Waals surface area contributed by atoms with E-state index in [4.69, 9.17) is 11.6 Å². The van der Waals surface area contributed by atoms with Crippen LogP contribution in [0.15, 0.2) is 65.8 Å². The summed E-state index contributed by atoms with van der Waals surface area (Å²) in [6, 6.07) is 13.7. The molecule has 34 heavy (non-hydrogen) atoms. The third kappa shape index (κ3) is 5.49. The molecule has 13 heteroatoms. The molecule has 0 heterocycles. The summed E-state index contributed by atoms with van der Waals surface area (Å²) >= 11 is 5.99. The van der Waals surface area contributed by atoms with Gasteiger partial charge in [-0.15, -0.1) is 0 Å². The SMILES string of the molecule is O=C(NN=Cc1cc([N+](=O)[O-])cc([N+](=O)[O-])c1O)c1ccc(NC(=O)c2ccccc2Cl)cc1. The molecule has 0 bridgehead atoms. The minimum absolute atomic E-state index is 0.155. The maximum absolute atomic E-state index is 12.3. The first-order valence-corrected chi connectivity index (χ1v) is 9.70. The minimum Gasteiger partial charge on any atom is -0.502 e. The summed E-state index contributed by atoms with van der Waals surface area (Å²) in [4.78, 5) is 44.6. The topological polar surface area (TPSA) is 177 Å². The van der Waals surface area contributed by atoms with Crippen molar-refractivity contribution in [3.05, 3.63) is 103 Å². The highest BCUT2D eigenvalue weighted by molar-refractivity contribution is 6.34. The number of anilines is 1. The lowest BCUT2D eigenvalue weighted by atomic mass is 10.1. The van der Waals surface area contributed by atoms with E-state index in [2.05, 4.69) is 15.8 Å². The van der Waals surface area contributed by atoms with E-state index in [9.17, 15) is 34.9 Å². The molecular formula is C21H14ClN5O7. The average molecular weight is 484 g/mol. The largest absolute Gasteiger partial charge is 0.502 e. The van der Waals surface area contributed by atoms with Crippen molar-refractivity contribution in [2.45, 2.75) is 0 Å². The zero-order chi connectivity index (χ0) is 24.8. The lowest BCUT2D eigenvalue weighted by molar-refractivity contribution is -0.394. The van der Waals surface area contributed by atoms with Gasteiger partial charge in [0, 0.05) is 17.3 Å². The third-order valence-electron chi connectivity index (χ3n) is 4.40. The van der Waals surface area contributed by atoms with Crippen LogP contribution in [0.3, 0.4) is 0 Å². The first kappa shape index (κ1) is 23.8. The van der Waals surface area contributed by atoms with Gasteiger partial charge in [-0.25, -0.2) is 5.43 Å². The van der Waals surface area contributed by atoms with Gasteiger partial charge in [-0.05, 0) is 36.4 Å². The number of non-ortho nitro benzene ring substituents is 1. The molecule has 0 saturated carbocycles. The molecule has 2 amide bonds. The van der Waals surface area contributed by atoms with Crippen LogP contribution < -0.4 is 10.7 Å². The van der Waals surface area contributed by atoms with Crippen LogP contribution in [-0.4, -0.2) is 33.0 Å². The zero-order valence-corrected chi connectivity index (χ0v) is 17.7. The zero-order valence-electron chi connectivity index (χ0n) is 17.0. The molecule has 0 saturated heterocycles. The fraction of sp³-hybridized carbons (Fsp3) is 0. The Balaban J connectivity index is 1.69. The van der Waals surface area contributed by atoms with Crippen molar-refractivity contribution < 1.29 is 24.5 Å². The molecule has 3 rings (SSSR count). The van der Waals surface area contributed by atoms with E-state index in [1.165, 1.54) is 24.3 Å². The number of nitrogens with zero attached hydrogens (tertiary/aromatic N) is 3. The van der Waals surface area contributed by atoms with Crippen LogP contribution in [0.2, 0.25) is 5.02 Å². The molecule has 3 N–H and O–H groups in total. The molecule has 0 aliphatic heterocycles. The fourth-order valence-corrected chi connectivity index (χ4v) is 2.96. The predicted molar refractivity (Wildman–Crippen MR) is 122 cm³/mol. The number of phenols is 1. The number of aromatic hydroxyl groups is 1. The van der Waals surface area contributed by atoms with Gasteiger partial charge in [0.2, 0.25) is 5.75 Å². The predicted octanol–water partition coefficient (Wildman–Crippen LogP) is 3.88. The van der Waals surface area contributed by atoms with E-state index in [0.29, 0.717) is 11.8 Å². The van der Waals surface area contributed by atoms with Crippen molar-refractivity contribution in [3.63, 3.8) is 0 Å². The fourth-order valence-electron chi connectivity index (χ4n) is 2.74.